The first-order valence-corrected chi connectivity index (χ1v) is 7.21. The summed E-state index contributed by atoms with van der Waals surface area (Å²) >= 11 is 3.06. The van der Waals surface area contributed by atoms with Gasteiger partial charge in [-0.2, -0.15) is 0 Å². The first-order chi connectivity index (χ1) is 8.63. The third kappa shape index (κ3) is 3.82. The van der Waals surface area contributed by atoms with Gasteiger partial charge in [0.2, 0.25) is 0 Å². The molecule has 94 valence electrons. The van der Waals surface area contributed by atoms with E-state index in [1.54, 1.807) is 17.1 Å². The Labute approximate surface area is 113 Å². The molecule has 2 rings (SSSR count). The average Bonchev–Trinajstić information content (AvgIpc) is 2.73. The highest BCUT2D eigenvalue weighted by Gasteiger charge is 2.07. The van der Waals surface area contributed by atoms with Gasteiger partial charge in [-0.15, -0.1) is 11.3 Å². The summed E-state index contributed by atoms with van der Waals surface area (Å²) in [6.07, 6.45) is -0.0141. The second-order valence-corrected chi connectivity index (χ2v) is 5.81. The van der Waals surface area contributed by atoms with Gasteiger partial charge in [-0.05, 0) is 19.1 Å². The van der Waals surface area contributed by atoms with Crippen LogP contribution in [0.3, 0.4) is 0 Å². The molecule has 2 aromatic rings. The normalized spacial score (nSPS) is 10.5. The first kappa shape index (κ1) is 13.0. The number of hydrogen-bond donors (Lipinski definition) is 1. The molecule has 0 aliphatic rings. The Morgan fingerprint density at radius 1 is 1.39 bits per heavy atom. The van der Waals surface area contributed by atoms with Gasteiger partial charge in [0.15, 0.2) is 4.34 Å². The zero-order valence-electron chi connectivity index (χ0n) is 9.79. The van der Waals surface area contributed by atoms with Crippen molar-refractivity contribution in [2.75, 3.05) is 0 Å². The molecule has 2 heterocycles. The minimum atomic E-state index is -0.850. The molecule has 0 aliphatic carbocycles. The molecule has 0 fully saturated rings. The summed E-state index contributed by atoms with van der Waals surface area (Å²) in [5.74, 6) is -0.0981. The van der Waals surface area contributed by atoms with Gasteiger partial charge < -0.3 is 5.11 Å². The van der Waals surface area contributed by atoms with Crippen molar-refractivity contribution in [2.24, 2.45) is 0 Å². The first-order valence-electron chi connectivity index (χ1n) is 5.35. The Bertz CT molecular complexity index is 555. The molecule has 0 aliphatic heterocycles. The van der Waals surface area contributed by atoms with Crippen LogP contribution in [0.1, 0.15) is 17.1 Å². The highest BCUT2D eigenvalue weighted by atomic mass is 32.2. The molecule has 6 heteroatoms. The third-order valence-corrected chi connectivity index (χ3v) is 4.26. The second kappa shape index (κ2) is 5.97. The Kier molecular flexibility index (Phi) is 4.33. The van der Waals surface area contributed by atoms with Crippen molar-refractivity contribution in [3.63, 3.8) is 0 Å². The highest BCUT2D eigenvalue weighted by Crippen LogP contribution is 2.25. The molecular weight excluding hydrogens is 268 g/mol. The fourth-order valence-corrected chi connectivity index (χ4v) is 3.16. The molecule has 0 aromatic carbocycles. The van der Waals surface area contributed by atoms with Gasteiger partial charge in [-0.3, -0.25) is 9.78 Å². The number of hydrogen-bond acceptors (Lipinski definition) is 5. The number of carboxylic acids is 1. The zero-order chi connectivity index (χ0) is 13.0. The van der Waals surface area contributed by atoms with Crippen LogP contribution >= 0.6 is 23.1 Å². The van der Waals surface area contributed by atoms with Gasteiger partial charge in [0.25, 0.3) is 0 Å². The molecule has 0 saturated heterocycles. The Balaban J connectivity index is 1.94. The number of pyridine rings is 1. The Hall–Kier alpha value is -1.40. The van der Waals surface area contributed by atoms with Gasteiger partial charge in [-0.1, -0.05) is 17.8 Å². The molecule has 1 N–H and O–H groups in total. The molecule has 2 aromatic heterocycles. The van der Waals surface area contributed by atoms with Gasteiger partial charge in [0.05, 0.1) is 17.8 Å². The minimum Gasteiger partial charge on any atom is -0.481 e. The van der Waals surface area contributed by atoms with Gasteiger partial charge in [0.1, 0.15) is 0 Å². The lowest BCUT2D eigenvalue weighted by Gasteiger charge is -1.99. The van der Waals surface area contributed by atoms with Crippen LogP contribution in [0.15, 0.2) is 27.9 Å². The number of aromatic nitrogens is 2. The van der Waals surface area contributed by atoms with E-state index >= 15 is 0 Å². The van der Waals surface area contributed by atoms with Crippen molar-refractivity contribution in [3.8, 4) is 0 Å². The lowest BCUT2D eigenvalue weighted by atomic mass is 10.3. The average molecular weight is 280 g/mol. The van der Waals surface area contributed by atoms with Crippen LogP contribution in [0.25, 0.3) is 0 Å². The van der Waals surface area contributed by atoms with E-state index in [4.69, 9.17) is 5.11 Å². The quantitative estimate of drug-likeness (QED) is 0.853. The van der Waals surface area contributed by atoms with Crippen LogP contribution in [0.4, 0.5) is 0 Å². The van der Waals surface area contributed by atoms with E-state index in [-0.39, 0.29) is 6.42 Å². The molecular formula is C12H12N2O2S2. The van der Waals surface area contributed by atoms with E-state index in [2.05, 4.69) is 9.97 Å². The Morgan fingerprint density at radius 3 is 2.94 bits per heavy atom. The van der Waals surface area contributed by atoms with Crippen molar-refractivity contribution in [1.29, 1.82) is 0 Å². The standard InChI is InChI=1S/C12H12N2O2S2/c1-8-3-2-4-9(13-8)6-17-12-14-10(7-18-12)5-11(15)16/h2-4,7H,5-6H2,1H3,(H,15,16). The predicted molar refractivity (Wildman–Crippen MR) is 72.0 cm³/mol. The molecule has 4 nitrogen and oxygen atoms in total. The summed E-state index contributed by atoms with van der Waals surface area (Å²) in [4.78, 5) is 19.2. The predicted octanol–water partition coefficient (Wildman–Crippen LogP) is 2.77. The van der Waals surface area contributed by atoms with Crippen LogP contribution in [0.2, 0.25) is 0 Å². The van der Waals surface area contributed by atoms with Crippen molar-refractivity contribution in [3.05, 3.63) is 40.7 Å². The van der Waals surface area contributed by atoms with Crippen molar-refractivity contribution < 1.29 is 9.90 Å². The van der Waals surface area contributed by atoms with Crippen molar-refractivity contribution >= 4 is 29.1 Å². The summed E-state index contributed by atoms with van der Waals surface area (Å²) in [5.41, 5.74) is 2.63. The molecule has 0 unspecified atom stereocenters. The largest absolute Gasteiger partial charge is 0.481 e. The minimum absolute atomic E-state index is 0.0141. The molecule has 0 saturated carbocycles. The van der Waals surface area contributed by atoms with E-state index in [0.29, 0.717) is 5.69 Å². The zero-order valence-corrected chi connectivity index (χ0v) is 11.4. The van der Waals surface area contributed by atoms with Crippen molar-refractivity contribution in [1.82, 2.24) is 9.97 Å². The molecule has 0 radical (unpaired) electrons. The number of carboxylic acid groups (broad SMARTS) is 1. The summed E-state index contributed by atoms with van der Waals surface area (Å²) in [6, 6.07) is 5.92. The maximum Gasteiger partial charge on any atom is 0.309 e. The fourth-order valence-electron chi connectivity index (χ4n) is 1.41. The lowest BCUT2D eigenvalue weighted by molar-refractivity contribution is -0.136. The van der Waals surface area contributed by atoms with Gasteiger partial charge >= 0.3 is 5.97 Å². The van der Waals surface area contributed by atoms with Crippen LogP contribution in [0, 0.1) is 6.92 Å². The number of thioether (sulfide) groups is 1. The van der Waals surface area contributed by atoms with Crippen LogP contribution in [-0.4, -0.2) is 21.0 Å². The maximum absolute atomic E-state index is 10.5. The summed E-state index contributed by atoms with van der Waals surface area (Å²) in [5, 5.41) is 10.5. The van der Waals surface area contributed by atoms with E-state index in [9.17, 15) is 4.79 Å². The molecule has 0 atom stereocenters. The van der Waals surface area contributed by atoms with Crippen LogP contribution in [0.5, 0.6) is 0 Å². The third-order valence-electron chi connectivity index (χ3n) is 2.15. The molecule has 0 amide bonds. The SMILES string of the molecule is Cc1cccc(CSc2nc(CC(=O)O)cs2)n1. The fraction of sp³-hybridized carbons (Fsp3) is 0.250. The van der Waals surface area contributed by atoms with Crippen molar-refractivity contribution in [2.45, 2.75) is 23.4 Å². The van der Waals surface area contributed by atoms with Crippen LogP contribution in [-0.2, 0) is 17.0 Å². The highest BCUT2D eigenvalue weighted by molar-refractivity contribution is 8.00. The van der Waals surface area contributed by atoms with E-state index in [1.165, 1.54) is 11.3 Å². The number of nitrogens with zero attached hydrogens (tertiary/aromatic N) is 2. The number of rotatable bonds is 5. The number of aryl methyl sites for hydroxylation is 1. The lowest BCUT2D eigenvalue weighted by Crippen LogP contribution is -1.99. The van der Waals surface area contributed by atoms with Gasteiger partial charge in [0, 0.05) is 16.8 Å². The van der Waals surface area contributed by atoms with E-state index < -0.39 is 5.97 Å². The van der Waals surface area contributed by atoms with E-state index in [0.717, 1.165) is 21.5 Å². The van der Waals surface area contributed by atoms with Crippen LogP contribution < -0.4 is 0 Å². The maximum atomic E-state index is 10.5. The number of thiazole rings is 1. The summed E-state index contributed by atoms with van der Waals surface area (Å²) < 4.78 is 0.884. The van der Waals surface area contributed by atoms with Gasteiger partial charge in [-0.25, -0.2) is 4.98 Å². The van der Waals surface area contributed by atoms with E-state index in [1.807, 2.05) is 25.1 Å². The summed E-state index contributed by atoms with van der Waals surface area (Å²) in [7, 11) is 0. The number of aliphatic carboxylic acids is 1. The molecule has 0 bridgehead atoms. The Morgan fingerprint density at radius 2 is 2.22 bits per heavy atom. The smallest absolute Gasteiger partial charge is 0.309 e. The topological polar surface area (TPSA) is 63.1 Å². The molecule has 18 heavy (non-hydrogen) atoms. The number of carbonyl (C=O) groups is 1. The second-order valence-electron chi connectivity index (χ2n) is 3.73. The molecule has 0 spiro atoms. The summed E-state index contributed by atoms with van der Waals surface area (Å²) in [6.45, 7) is 1.96. The monoisotopic (exact) mass is 280 g/mol.